The van der Waals surface area contributed by atoms with Gasteiger partial charge in [0, 0.05) is 11.6 Å². The number of aryl methyl sites for hydroxylation is 1. The number of benzene rings is 1. The molecule has 5 heteroatoms. The fourth-order valence-electron chi connectivity index (χ4n) is 1.07. The first kappa shape index (κ1) is 11.5. The van der Waals surface area contributed by atoms with E-state index in [1.165, 1.54) is 6.07 Å². The Morgan fingerprint density at radius 1 is 1.67 bits per heavy atom. The van der Waals surface area contributed by atoms with Crippen LogP contribution in [0.15, 0.2) is 16.6 Å². The van der Waals surface area contributed by atoms with Gasteiger partial charge in [-0.05, 0) is 28.9 Å². The molecule has 4 nitrogen and oxygen atoms in total. The number of nitro groups is 1. The molecule has 15 heavy (non-hydrogen) atoms. The van der Waals surface area contributed by atoms with Crippen LogP contribution in [0.2, 0.25) is 0 Å². The lowest BCUT2D eigenvalue weighted by molar-refractivity contribution is -0.385. The topological polar surface area (TPSA) is 52.4 Å². The summed E-state index contributed by atoms with van der Waals surface area (Å²) in [5.74, 6) is 2.83. The Labute approximate surface area is 95.5 Å². The molecule has 0 unspecified atom stereocenters. The minimum absolute atomic E-state index is 0.0509. The maximum Gasteiger partial charge on any atom is 0.273 e. The Kier molecular flexibility index (Phi) is 3.69. The third-order valence-corrected chi connectivity index (χ3v) is 2.38. The molecule has 78 valence electrons. The largest absolute Gasteiger partial charge is 0.480 e. The summed E-state index contributed by atoms with van der Waals surface area (Å²) in [4.78, 5) is 10.2. The van der Waals surface area contributed by atoms with Gasteiger partial charge in [0.2, 0.25) is 0 Å². The highest BCUT2D eigenvalue weighted by atomic mass is 79.9. The summed E-state index contributed by atoms with van der Waals surface area (Å²) in [6, 6.07) is 2.99. The van der Waals surface area contributed by atoms with E-state index in [-0.39, 0.29) is 12.3 Å². The van der Waals surface area contributed by atoms with Crippen LogP contribution in [-0.4, -0.2) is 11.5 Å². The molecule has 0 N–H and O–H groups in total. The van der Waals surface area contributed by atoms with Gasteiger partial charge >= 0.3 is 0 Å². The normalized spacial score (nSPS) is 9.40. The molecule has 0 radical (unpaired) electrons. The first-order valence-electron chi connectivity index (χ1n) is 4.07. The second kappa shape index (κ2) is 4.80. The Bertz CT molecular complexity index is 437. The van der Waals surface area contributed by atoms with E-state index in [1.54, 1.807) is 13.0 Å². The summed E-state index contributed by atoms with van der Waals surface area (Å²) in [5, 5.41) is 10.6. The number of ether oxygens (including phenoxy) is 1. The average molecular weight is 270 g/mol. The standard InChI is InChI=1S/C10H8BrNO3/c1-3-4-15-10-5-7(2)9(12(13)14)6-8(10)11/h1,5-6H,4H2,2H3. The van der Waals surface area contributed by atoms with Crippen molar-refractivity contribution >= 4 is 21.6 Å². The van der Waals surface area contributed by atoms with Gasteiger partial charge in [-0.1, -0.05) is 5.92 Å². The third kappa shape index (κ3) is 2.70. The Morgan fingerprint density at radius 3 is 2.87 bits per heavy atom. The molecular weight excluding hydrogens is 262 g/mol. The van der Waals surface area contributed by atoms with Crippen LogP contribution in [-0.2, 0) is 0 Å². The van der Waals surface area contributed by atoms with E-state index in [0.717, 1.165) is 0 Å². The van der Waals surface area contributed by atoms with Crippen LogP contribution in [0.25, 0.3) is 0 Å². The van der Waals surface area contributed by atoms with Crippen LogP contribution >= 0.6 is 15.9 Å². The Hall–Kier alpha value is -1.54. The first-order valence-corrected chi connectivity index (χ1v) is 4.86. The van der Waals surface area contributed by atoms with E-state index < -0.39 is 4.92 Å². The summed E-state index contributed by atoms with van der Waals surface area (Å²) in [6.45, 7) is 1.78. The lowest BCUT2D eigenvalue weighted by Gasteiger charge is -2.06. The Balaban J connectivity index is 3.09. The fourth-order valence-corrected chi connectivity index (χ4v) is 1.52. The van der Waals surface area contributed by atoms with Crippen LogP contribution in [0.1, 0.15) is 5.56 Å². The number of terminal acetylenes is 1. The van der Waals surface area contributed by atoms with Crippen molar-refractivity contribution in [1.29, 1.82) is 0 Å². The summed E-state index contributed by atoms with van der Waals surface area (Å²) in [6.07, 6.45) is 5.04. The van der Waals surface area contributed by atoms with Gasteiger partial charge in [-0.25, -0.2) is 0 Å². The van der Waals surface area contributed by atoms with E-state index in [4.69, 9.17) is 11.2 Å². The van der Waals surface area contributed by atoms with Crippen molar-refractivity contribution in [2.24, 2.45) is 0 Å². The number of nitrogens with zero attached hydrogens (tertiary/aromatic N) is 1. The van der Waals surface area contributed by atoms with E-state index in [1.807, 2.05) is 0 Å². The van der Waals surface area contributed by atoms with Crippen LogP contribution in [0.3, 0.4) is 0 Å². The average Bonchev–Trinajstić information content (AvgIpc) is 2.18. The van der Waals surface area contributed by atoms with Gasteiger partial charge in [0.05, 0.1) is 9.40 Å². The third-order valence-electron chi connectivity index (χ3n) is 1.76. The van der Waals surface area contributed by atoms with E-state index >= 15 is 0 Å². The highest BCUT2D eigenvalue weighted by Gasteiger charge is 2.14. The fraction of sp³-hybridized carbons (Fsp3) is 0.200. The van der Waals surface area contributed by atoms with Gasteiger partial charge in [-0.3, -0.25) is 10.1 Å². The zero-order valence-electron chi connectivity index (χ0n) is 7.99. The molecule has 0 spiro atoms. The number of hydrogen-bond acceptors (Lipinski definition) is 3. The SMILES string of the molecule is C#CCOc1cc(C)c([N+](=O)[O-])cc1Br. The summed E-state index contributed by atoms with van der Waals surface area (Å²) in [7, 11) is 0. The smallest absolute Gasteiger partial charge is 0.273 e. The van der Waals surface area contributed by atoms with Gasteiger partial charge in [0.25, 0.3) is 5.69 Å². The lowest BCUT2D eigenvalue weighted by atomic mass is 10.2. The predicted octanol–water partition coefficient (Wildman–Crippen LogP) is 2.68. The molecule has 0 heterocycles. The minimum Gasteiger partial charge on any atom is -0.480 e. The van der Waals surface area contributed by atoms with E-state index in [2.05, 4.69) is 21.9 Å². The molecular formula is C10H8BrNO3. The molecule has 0 atom stereocenters. The molecule has 1 aromatic carbocycles. The highest BCUT2D eigenvalue weighted by Crippen LogP contribution is 2.32. The second-order valence-corrected chi connectivity index (χ2v) is 3.67. The molecule has 0 aliphatic heterocycles. The quantitative estimate of drug-likeness (QED) is 0.482. The monoisotopic (exact) mass is 269 g/mol. The molecule has 0 aliphatic carbocycles. The number of halogens is 1. The summed E-state index contributed by atoms with van der Waals surface area (Å²) in [5.41, 5.74) is 0.588. The van der Waals surface area contributed by atoms with Gasteiger partial charge in [0.1, 0.15) is 12.4 Å². The van der Waals surface area contributed by atoms with Crippen LogP contribution in [0, 0.1) is 29.4 Å². The second-order valence-electron chi connectivity index (χ2n) is 2.82. The number of nitro benzene ring substituents is 1. The van der Waals surface area contributed by atoms with Crippen molar-refractivity contribution in [3.63, 3.8) is 0 Å². The van der Waals surface area contributed by atoms with Gasteiger partial charge in [-0.2, -0.15) is 0 Å². The summed E-state index contributed by atoms with van der Waals surface area (Å²) >= 11 is 3.18. The van der Waals surface area contributed by atoms with Crippen molar-refractivity contribution < 1.29 is 9.66 Å². The molecule has 1 aromatic rings. The molecule has 0 bridgehead atoms. The van der Waals surface area contributed by atoms with Crippen molar-refractivity contribution in [1.82, 2.24) is 0 Å². The molecule has 0 aromatic heterocycles. The molecule has 0 amide bonds. The maximum absolute atomic E-state index is 10.6. The molecule has 0 saturated heterocycles. The highest BCUT2D eigenvalue weighted by molar-refractivity contribution is 9.10. The van der Waals surface area contributed by atoms with E-state index in [0.29, 0.717) is 15.8 Å². The maximum atomic E-state index is 10.6. The van der Waals surface area contributed by atoms with Crippen molar-refractivity contribution in [3.05, 3.63) is 32.3 Å². The molecule has 0 aliphatic rings. The van der Waals surface area contributed by atoms with Crippen molar-refractivity contribution in [3.8, 4) is 18.1 Å². The number of rotatable bonds is 3. The molecule has 0 fully saturated rings. The predicted molar refractivity (Wildman–Crippen MR) is 59.9 cm³/mol. The van der Waals surface area contributed by atoms with Gasteiger partial charge in [-0.15, -0.1) is 6.42 Å². The summed E-state index contributed by atoms with van der Waals surface area (Å²) < 4.78 is 5.72. The minimum atomic E-state index is -0.439. The first-order chi connectivity index (χ1) is 7.06. The molecule has 0 saturated carbocycles. The van der Waals surface area contributed by atoms with E-state index in [9.17, 15) is 10.1 Å². The Morgan fingerprint density at radius 2 is 2.33 bits per heavy atom. The van der Waals surface area contributed by atoms with Gasteiger partial charge in [0.15, 0.2) is 0 Å². The zero-order chi connectivity index (χ0) is 11.4. The van der Waals surface area contributed by atoms with Crippen LogP contribution in [0.4, 0.5) is 5.69 Å². The van der Waals surface area contributed by atoms with Crippen LogP contribution in [0.5, 0.6) is 5.75 Å². The van der Waals surface area contributed by atoms with Crippen molar-refractivity contribution in [2.45, 2.75) is 6.92 Å². The molecule has 1 rings (SSSR count). The van der Waals surface area contributed by atoms with Crippen molar-refractivity contribution in [2.75, 3.05) is 6.61 Å². The van der Waals surface area contributed by atoms with Crippen LogP contribution < -0.4 is 4.74 Å². The number of hydrogen-bond donors (Lipinski definition) is 0. The zero-order valence-corrected chi connectivity index (χ0v) is 9.58. The lowest BCUT2D eigenvalue weighted by Crippen LogP contribution is -1.97. The van der Waals surface area contributed by atoms with Gasteiger partial charge < -0.3 is 4.74 Å².